The second kappa shape index (κ2) is 10.6. The number of morpholine rings is 1. The molecule has 35 heavy (non-hydrogen) atoms. The summed E-state index contributed by atoms with van der Waals surface area (Å²) in [7, 11) is -8.10. The standard InChI is InChI=1S/C20H28FN5O7S2/c21-18-3-1-16(2-4-18)17-5-7-23(8-6-17)35(31,32)26-10-9-25(15-19(26)20(27)22-28)34(29,30)24-11-13-33-14-12-24/h1-5,19,28H,6-15H2,(H,22,27)/t19-/m1/s1. The molecule has 4 rings (SSSR count). The minimum absolute atomic E-state index is 0.0365. The highest BCUT2D eigenvalue weighted by molar-refractivity contribution is 7.87. The molecule has 0 radical (unpaired) electrons. The van der Waals surface area contributed by atoms with Crippen molar-refractivity contribution >= 4 is 31.9 Å². The average Bonchev–Trinajstić information content (AvgIpc) is 2.89. The molecular weight excluding hydrogens is 505 g/mol. The lowest BCUT2D eigenvalue weighted by Gasteiger charge is -2.42. The fourth-order valence-electron chi connectivity index (χ4n) is 4.39. The number of hydroxylamine groups is 1. The van der Waals surface area contributed by atoms with E-state index in [0.29, 0.717) is 6.42 Å². The summed E-state index contributed by atoms with van der Waals surface area (Å²) in [6.07, 6.45) is 2.11. The van der Waals surface area contributed by atoms with Gasteiger partial charge in [-0.25, -0.2) is 9.87 Å². The van der Waals surface area contributed by atoms with Crippen LogP contribution in [0.2, 0.25) is 0 Å². The van der Waals surface area contributed by atoms with Gasteiger partial charge in [0, 0.05) is 45.8 Å². The maximum Gasteiger partial charge on any atom is 0.283 e. The van der Waals surface area contributed by atoms with Gasteiger partial charge in [0.05, 0.1) is 13.2 Å². The summed E-state index contributed by atoms with van der Waals surface area (Å²) in [5.41, 5.74) is 3.13. The first-order chi connectivity index (χ1) is 16.6. The fourth-order valence-corrected chi connectivity index (χ4v) is 7.65. The van der Waals surface area contributed by atoms with Gasteiger partial charge in [-0.2, -0.15) is 34.1 Å². The molecule has 1 aromatic rings. The van der Waals surface area contributed by atoms with Crippen molar-refractivity contribution in [3.8, 4) is 0 Å². The Labute approximate surface area is 203 Å². The molecule has 12 nitrogen and oxygen atoms in total. The van der Waals surface area contributed by atoms with Crippen molar-refractivity contribution in [1.82, 2.24) is 22.7 Å². The van der Waals surface area contributed by atoms with Gasteiger partial charge in [-0.05, 0) is 29.7 Å². The molecule has 15 heteroatoms. The van der Waals surface area contributed by atoms with Crippen LogP contribution in [-0.4, -0.2) is 110 Å². The Morgan fingerprint density at radius 1 is 0.943 bits per heavy atom. The number of rotatable bonds is 6. The number of carbonyl (C=O) groups is 1. The third-order valence-electron chi connectivity index (χ3n) is 6.34. The van der Waals surface area contributed by atoms with Crippen molar-refractivity contribution in [2.45, 2.75) is 12.5 Å². The number of halogens is 1. The van der Waals surface area contributed by atoms with Crippen LogP contribution in [-0.2, 0) is 30.0 Å². The summed E-state index contributed by atoms with van der Waals surface area (Å²) in [5, 5.41) is 9.23. The zero-order chi connectivity index (χ0) is 25.2. The van der Waals surface area contributed by atoms with Gasteiger partial charge in [0.15, 0.2) is 0 Å². The zero-order valence-electron chi connectivity index (χ0n) is 18.9. The molecule has 0 aliphatic carbocycles. The summed E-state index contributed by atoms with van der Waals surface area (Å²) in [6, 6.07) is 4.48. The normalized spacial score (nSPS) is 24.2. The molecule has 3 aliphatic rings. The minimum Gasteiger partial charge on any atom is -0.379 e. The van der Waals surface area contributed by atoms with Gasteiger partial charge in [0.25, 0.3) is 26.3 Å². The van der Waals surface area contributed by atoms with Crippen LogP contribution >= 0.6 is 0 Å². The van der Waals surface area contributed by atoms with E-state index in [1.807, 2.05) is 0 Å². The smallest absolute Gasteiger partial charge is 0.283 e. The summed E-state index contributed by atoms with van der Waals surface area (Å²) >= 11 is 0. The summed E-state index contributed by atoms with van der Waals surface area (Å²) in [5.74, 6) is -1.38. The van der Waals surface area contributed by atoms with Crippen molar-refractivity contribution in [1.29, 1.82) is 0 Å². The number of nitrogens with one attached hydrogen (secondary N) is 1. The second-order valence-electron chi connectivity index (χ2n) is 8.33. The van der Waals surface area contributed by atoms with Crippen LogP contribution in [0.1, 0.15) is 12.0 Å². The molecule has 0 unspecified atom stereocenters. The number of carbonyl (C=O) groups excluding carboxylic acids is 1. The molecule has 2 fully saturated rings. The van der Waals surface area contributed by atoms with Gasteiger partial charge in [0.1, 0.15) is 11.9 Å². The number of hydrogen-bond donors (Lipinski definition) is 2. The SMILES string of the molecule is O=C(NO)[C@H]1CN(S(=O)(=O)N2CCOCC2)CCN1S(=O)(=O)N1CC=C(c2ccc(F)cc2)CC1. The number of ether oxygens (including phenoxy) is 1. The first kappa shape index (κ1) is 26.1. The first-order valence-corrected chi connectivity index (χ1v) is 13.9. The van der Waals surface area contributed by atoms with Crippen LogP contribution in [0, 0.1) is 5.82 Å². The molecule has 0 spiro atoms. The monoisotopic (exact) mass is 533 g/mol. The lowest BCUT2D eigenvalue weighted by atomic mass is 10.0. The molecule has 3 heterocycles. The Kier molecular flexibility index (Phi) is 7.87. The maximum absolute atomic E-state index is 13.4. The Balaban J connectivity index is 1.51. The number of piperazine rings is 1. The molecule has 0 bridgehead atoms. The van der Waals surface area contributed by atoms with Crippen molar-refractivity contribution in [3.63, 3.8) is 0 Å². The van der Waals surface area contributed by atoms with Crippen LogP contribution in [0.15, 0.2) is 30.3 Å². The molecule has 194 valence electrons. The van der Waals surface area contributed by atoms with Gasteiger partial charge in [-0.3, -0.25) is 10.0 Å². The molecule has 1 aromatic carbocycles. The van der Waals surface area contributed by atoms with E-state index in [2.05, 4.69) is 0 Å². The Bertz CT molecular complexity index is 1170. The van der Waals surface area contributed by atoms with E-state index in [1.165, 1.54) is 26.2 Å². The largest absolute Gasteiger partial charge is 0.379 e. The molecule has 0 saturated carbocycles. The van der Waals surface area contributed by atoms with Gasteiger partial charge in [-0.15, -0.1) is 0 Å². The lowest BCUT2D eigenvalue weighted by molar-refractivity contribution is -0.134. The third kappa shape index (κ3) is 5.41. The van der Waals surface area contributed by atoms with Crippen LogP contribution in [0.3, 0.4) is 0 Å². The molecule has 3 aliphatic heterocycles. The van der Waals surface area contributed by atoms with E-state index in [-0.39, 0.29) is 58.3 Å². The average molecular weight is 534 g/mol. The van der Waals surface area contributed by atoms with Gasteiger partial charge in [0.2, 0.25) is 0 Å². The number of nitrogens with zero attached hydrogens (tertiary/aromatic N) is 4. The second-order valence-corrected chi connectivity index (χ2v) is 12.1. The van der Waals surface area contributed by atoms with E-state index < -0.39 is 38.9 Å². The van der Waals surface area contributed by atoms with E-state index in [1.54, 1.807) is 18.2 Å². The maximum atomic E-state index is 13.4. The summed E-state index contributed by atoms with van der Waals surface area (Å²) < 4.78 is 75.8. The number of hydrogen-bond acceptors (Lipinski definition) is 7. The quantitative estimate of drug-likeness (QED) is 0.362. The summed E-state index contributed by atoms with van der Waals surface area (Å²) in [6.45, 7) is 0.152. The highest BCUT2D eigenvalue weighted by Crippen LogP contribution is 2.27. The topological polar surface area (TPSA) is 140 Å². The number of benzene rings is 1. The van der Waals surface area contributed by atoms with Gasteiger partial charge >= 0.3 is 0 Å². The lowest BCUT2D eigenvalue weighted by Crippen LogP contribution is -2.65. The van der Waals surface area contributed by atoms with Crippen molar-refractivity contribution < 1.29 is 36.0 Å². The zero-order valence-corrected chi connectivity index (χ0v) is 20.5. The molecule has 2 N–H and O–H groups in total. The van der Waals surface area contributed by atoms with Gasteiger partial charge < -0.3 is 4.74 Å². The van der Waals surface area contributed by atoms with E-state index >= 15 is 0 Å². The molecule has 1 amide bonds. The van der Waals surface area contributed by atoms with Crippen molar-refractivity contribution in [2.24, 2.45) is 0 Å². The van der Waals surface area contributed by atoms with Crippen molar-refractivity contribution in [2.75, 3.05) is 59.0 Å². The molecule has 0 aromatic heterocycles. The van der Waals surface area contributed by atoms with Crippen LogP contribution < -0.4 is 5.48 Å². The predicted molar refractivity (Wildman–Crippen MR) is 123 cm³/mol. The Morgan fingerprint density at radius 2 is 1.63 bits per heavy atom. The number of amides is 1. The van der Waals surface area contributed by atoms with Crippen LogP contribution in [0.4, 0.5) is 4.39 Å². The van der Waals surface area contributed by atoms with Crippen LogP contribution in [0.5, 0.6) is 0 Å². The predicted octanol–water partition coefficient (Wildman–Crippen LogP) is -0.772. The minimum atomic E-state index is -4.16. The molecular formula is C20H28FN5O7S2. The molecule has 2 saturated heterocycles. The molecule has 1 atom stereocenters. The third-order valence-corrected chi connectivity index (χ3v) is 10.4. The first-order valence-electron chi connectivity index (χ1n) is 11.1. The van der Waals surface area contributed by atoms with E-state index in [9.17, 15) is 31.2 Å². The highest BCUT2D eigenvalue weighted by Gasteiger charge is 2.46. The van der Waals surface area contributed by atoms with E-state index in [4.69, 9.17) is 4.74 Å². The van der Waals surface area contributed by atoms with Gasteiger partial charge in [-0.1, -0.05) is 18.2 Å². The Hall–Kier alpha value is -1.98. The summed E-state index contributed by atoms with van der Waals surface area (Å²) in [4.78, 5) is 12.4. The Morgan fingerprint density at radius 3 is 2.23 bits per heavy atom. The van der Waals surface area contributed by atoms with E-state index in [0.717, 1.165) is 19.7 Å². The fraction of sp³-hybridized carbons (Fsp3) is 0.550. The van der Waals surface area contributed by atoms with Crippen LogP contribution in [0.25, 0.3) is 5.57 Å². The van der Waals surface area contributed by atoms with Crippen molar-refractivity contribution in [3.05, 3.63) is 41.7 Å². The highest BCUT2D eigenvalue weighted by atomic mass is 32.2.